The van der Waals surface area contributed by atoms with Gasteiger partial charge in [0.15, 0.2) is 0 Å². The Labute approximate surface area is 219 Å². The van der Waals surface area contributed by atoms with Crippen LogP contribution in [0, 0.1) is 22.7 Å². The predicted molar refractivity (Wildman–Crippen MR) is 141 cm³/mol. The number of pyridine rings is 2. The van der Waals surface area contributed by atoms with E-state index in [2.05, 4.69) is 27.3 Å². The third kappa shape index (κ3) is 6.18. The van der Waals surface area contributed by atoms with Crippen molar-refractivity contribution in [2.75, 3.05) is 51.4 Å². The van der Waals surface area contributed by atoms with Crippen LogP contribution in [0.5, 0.6) is 0 Å². The lowest BCUT2D eigenvalue weighted by Crippen LogP contribution is -2.45. The SMILES string of the molecule is N#CC1(CNc2cccc(-c3cc(CC4CCC(N5CCOCC5)CC4)ncc3Cl)n2)CCOCC1. The number of hydrogen-bond acceptors (Lipinski definition) is 7. The van der Waals surface area contributed by atoms with Crippen LogP contribution in [0.1, 0.15) is 44.2 Å². The van der Waals surface area contributed by atoms with Crippen molar-refractivity contribution in [3.63, 3.8) is 0 Å². The molecular weight excluding hydrogens is 474 g/mol. The van der Waals surface area contributed by atoms with E-state index in [-0.39, 0.29) is 0 Å². The summed E-state index contributed by atoms with van der Waals surface area (Å²) in [5.74, 6) is 1.41. The standard InChI is InChI=1S/C28H36ClN5O2/c29-25-18-31-22(16-21-4-6-23(7-5-21)34-10-14-36-15-11-34)17-24(25)26-2-1-3-27(33-26)32-20-28(19-30)8-12-35-13-9-28/h1-3,17-18,21,23H,4-16,20H2,(H,32,33). The van der Waals surface area contributed by atoms with Crippen molar-refractivity contribution in [1.82, 2.24) is 14.9 Å². The summed E-state index contributed by atoms with van der Waals surface area (Å²) in [4.78, 5) is 12.1. The quantitative estimate of drug-likeness (QED) is 0.564. The van der Waals surface area contributed by atoms with Gasteiger partial charge in [0.1, 0.15) is 5.82 Å². The zero-order valence-corrected chi connectivity index (χ0v) is 21.7. The van der Waals surface area contributed by atoms with Crippen molar-refractivity contribution in [2.24, 2.45) is 11.3 Å². The van der Waals surface area contributed by atoms with Crippen molar-refractivity contribution >= 4 is 17.4 Å². The van der Waals surface area contributed by atoms with Crippen LogP contribution in [-0.2, 0) is 15.9 Å². The molecule has 36 heavy (non-hydrogen) atoms. The molecule has 0 spiro atoms. The summed E-state index contributed by atoms with van der Waals surface area (Å²) in [6, 6.07) is 11.2. The Morgan fingerprint density at radius 1 is 1.08 bits per heavy atom. The molecule has 8 heteroatoms. The second-order valence-corrected chi connectivity index (χ2v) is 10.9. The maximum atomic E-state index is 9.74. The van der Waals surface area contributed by atoms with E-state index in [1.54, 1.807) is 6.20 Å². The predicted octanol–water partition coefficient (Wildman–Crippen LogP) is 4.96. The number of halogens is 1. The van der Waals surface area contributed by atoms with E-state index >= 15 is 0 Å². The van der Waals surface area contributed by atoms with Crippen LogP contribution in [0.25, 0.3) is 11.3 Å². The molecule has 0 unspecified atom stereocenters. The van der Waals surface area contributed by atoms with E-state index < -0.39 is 5.41 Å². The number of hydrogen-bond donors (Lipinski definition) is 1. The van der Waals surface area contributed by atoms with E-state index in [9.17, 15) is 5.26 Å². The van der Waals surface area contributed by atoms with Crippen LogP contribution in [0.2, 0.25) is 5.02 Å². The Bertz CT molecular complexity index is 1050. The molecule has 0 atom stereocenters. The number of nitriles is 1. The number of morpholine rings is 1. The van der Waals surface area contributed by atoms with Gasteiger partial charge in [0, 0.05) is 56.3 Å². The van der Waals surface area contributed by atoms with E-state index in [0.717, 1.165) is 68.3 Å². The second-order valence-electron chi connectivity index (χ2n) is 10.4. The molecule has 0 bridgehead atoms. The zero-order chi connectivity index (χ0) is 24.8. The topological polar surface area (TPSA) is 83.3 Å². The molecule has 2 aliphatic heterocycles. The summed E-state index contributed by atoms with van der Waals surface area (Å²) < 4.78 is 11.0. The molecule has 3 aliphatic rings. The first-order valence-corrected chi connectivity index (χ1v) is 13.7. The van der Waals surface area contributed by atoms with Crippen molar-refractivity contribution < 1.29 is 9.47 Å². The smallest absolute Gasteiger partial charge is 0.126 e. The highest BCUT2D eigenvalue weighted by molar-refractivity contribution is 6.33. The largest absolute Gasteiger partial charge is 0.381 e. The van der Waals surface area contributed by atoms with Crippen molar-refractivity contribution in [2.45, 2.75) is 51.0 Å². The van der Waals surface area contributed by atoms with E-state index in [1.807, 2.05) is 18.2 Å². The first kappa shape index (κ1) is 25.4. The molecule has 1 N–H and O–H groups in total. The molecule has 192 valence electrons. The number of rotatable bonds is 7. The molecule has 4 heterocycles. The Kier molecular flexibility index (Phi) is 8.38. The molecule has 2 aromatic heterocycles. The van der Waals surface area contributed by atoms with Crippen LogP contribution in [0.3, 0.4) is 0 Å². The Morgan fingerprint density at radius 3 is 2.58 bits per heavy atom. The van der Waals surface area contributed by atoms with Gasteiger partial charge in [-0.1, -0.05) is 17.7 Å². The zero-order valence-electron chi connectivity index (χ0n) is 20.9. The lowest BCUT2D eigenvalue weighted by molar-refractivity contribution is 0.00493. The maximum absolute atomic E-state index is 9.74. The van der Waals surface area contributed by atoms with Gasteiger partial charge in [-0.3, -0.25) is 9.88 Å². The lowest BCUT2D eigenvalue weighted by Gasteiger charge is -2.38. The van der Waals surface area contributed by atoms with Crippen molar-refractivity contribution in [3.8, 4) is 17.3 Å². The van der Waals surface area contributed by atoms with Crippen molar-refractivity contribution in [3.05, 3.63) is 41.2 Å². The first-order valence-electron chi connectivity index (χ1n) is 13.3. The van der Waals surface area contributed by atoms with E-state index in [1.165, 1.54) is 25.7 Å². The van der Waals surface area contributed by atoms with Gasteiger partial charge in [-0.2, -0.15) is 5.26 Å². The number of aromatic nitrogens is 2. The summed E-state index contributed by atoms with van der Waals surface area (Å²) in [5.41, 5.74) is 2.41. The minimum absolute atomic E-state index is 0.405. The highest BCUT2D eigenvalue weighted by Gasteiger charge is 2.32. The van der Waals surface area contributed by atoms with Gasteiger partial charge in [0.05, 0.1) is 35.4 Å². The monoisotopic (exact) mass is 509 g/mol. The molecule has 1 saturated carbocycles. The van der Waals surface area contributed by atoms with Gasteiger partial charge in [0.25, 0.3) is 0 Å². The fourth-order valence-electron chi connectivity index (χ4n) is 5.78. The van der Waals surface area contributed by atoms with Gasteiger partial charge in [-0.15, -0.1) is 0 Å². The molecule has 5 rings (SSSR count). The van der Waals surface area contributed by atoms with Crippen LogP contribution < -0.4 is 5.32 Å². The summed E-state index contributed by atoms with van der Waals surface area (Å²) in [6.07, 6.45) is 9.22. The third-order valence-corrected chi connectivity index (χ3v) is 8.41. The van der Waals surface area contributed by atoms with E-state index in [4.69, 9.17) is 26.1 Å². The minimum atomic E-state index is -0.405. The molecular formula is C28H36ClN5O2. The number of ether oxygens (including phenoxy) is 2. The average Bonchev–Trinajstić information content (AvgIpc) is 2.94. The molecule has 2 aromatic rings. The van der Waals surface area contributed by atoms with Crippen LogP contribution >= 0.6 is 11.6 Å². The van der Waals surface area contributed by atoms with Gasteiger partial charge >= 0.3 is 0 Å². The first-order chi connectivity index (χ1) is 17.6. The lowest BCUT2D eigenvalue weighted by atomic mass is 9.82. The van der Waals surface area contributed by atoms with E-state index in [0.29, 0.717) is 36.7 Å². The minimum Gasteiger partial charge on any atom is -0.381 e. The van der Waals surface area contributed by atoms with Crippen LogP contribution in [0.4, 0.5) is 5.82 Å². The molecule has 0 amide bonds. The van der Waals surface area contributed by atoms with Crippen LogP contribution in [0.15, 0.2) is 30.5 Å². The highest BCUT2D eigenvalue weighted by Crippen LogP contribution is 2.33. The second kappa shape index (κ2) is 11.9. The molecule has 1 aliphatic carbocycles. The Balaban J connectivity index is 1.21. The van der Waals surface area contributed by atoms with Crippen molar-refractivity contribution in [1.29, 1.82) is 5.26 Å². The normalized spacial score (nSPS) is 24.7. The van der Waals surface area contributed by atoms with Gasteiger partial charge in [-0.25, -0.2) is 4.98 Å². The molecule has 2 saturated heterocycles. The summed E-state index contributed by atoms with van der Waals surface area (Å²) in [7, 11) is 0. The molecule has 0 radical (unpaired) electrons. The average molecular weight is 510 g/mol. The molecule has 7 nitrogen and oxygen atoms in total. The van der Waals surface area contributed by atoms with Gasteiger partial charge < -0.3 is 14.8 Å². The fraction of sp³-hybridized carbons (Fsp3) is 0.607. The highest BCUT2D eigenvalue weighted by atomic mass is 35.5. The Hall–Kier alpha value is -2.24. The third-order valence-electron chi connectivity index (χ3n) is 8.11. The van der Waals surface area contributed by atoms with Crippen LogP contribution in [-0.4, -0.2) is 67.0 Å². The van der Waals surface area contributed by atoms with Gasteiger partial charge in [0.2, 0.25) is 0 Å². The summed E-state index contributed by atoms with van der Waals surface area (Å²) in [6.45, 7) is 5.72. The molecule has 3 fully saturated rings. The number of nitrogens with zero attached hydrogens (tertiary/aromatic N) is 4. The fourth-order valence-corrected chi connectivity index (χ4v) is 5.98. The summed E-state index contributed by atoms with van der Waals surface area (Å²) >= 11 is 6.58. The maximum Gasteiger partial charge on any atom is 0.126 e. The summed E-state index contributed by atoms with van der Waals surface area (Å²) in [5, 5.41) is 13.7. The Morgan fingerprint density at radius 2 is 1.83 bits per heavy atom. The number of anilines is 1. The molecule has 0 aromatic carbocycles. The van der Waals surface area contributed by atoms with Gasteiger partial charge in [-0.05, 0) is 69.1 Å². The number of nitrogens with one attached hydrogen (secondary N) is 1.